The van der Waals surface area contributed by atoms with E-state index in [4.69, 9.17) is 10.00 Å². The molecule has 0 aliphatic heterocycles. The fourth-order valence-corrected chi connectivity index (χ4v) is 2.27. The third-order valence-corrected chi connectivity index (χ3v) is 3.88. The molecule has 0 saturated heterocycles. The molecule has 0 radical (unpaired) electrons. The van der Waals surface area contributed by atoms with Crippen molar-refractivity contribution in [1.82, 2.24) is 14.9 Å². The summed E-state index contributed by atoms with van der Waals surface area (Å²) in [6, 6.07) is 6.88. The molecule has 0 saturated carbocycles. The zero-order chi connectivity index (χ0) is 18.6. The lowest BCUT2D eigenvalue weighted by Crippen LogP contribution is -2.37. The third kappa shape index (κ3) is 4.29. The average Bonchev–Trinajstić information content (AvgIpc) is 2.59. The van der Waals surface area contributed by atoms with Crippen LogP contribution in [-0.2, 0) is 9.53 Å². The molecule has 0 aliphatic rings. The Bertz CT molecular complexity index is 857. The SMILES string of the molecule is Cc1nc2ccc(C(=O)O[C@H](C)C(=O)N(C)CCC#N)cc2nc1C. The fraction of sp³-hybridized carbons (Fsp3) is 0.389. The van der Waals surface area contributed by atoms with Crippen molar-refractivity contribution >= 4 is 22.9 Å². The summed E-state index contributed by atoms with van der Waals surface area (Å²) >= 11 is 0. The van der Waals surface area contributed by atoms with Crippen LogP contribution in [0.4, 0.5) is 0 Å². The lowest BCUT2D eigenvalue weighted by Gasteiger charge is -2.20. The van der Waals surface area contributed by atoms with Crippen molar-refractivity contribution in [3.63, 3.8) is 0 Å². The number of amides is 1. The van der Waals surface area contributed by atoms with Gasteiger partial charge in [-0.05, 0) is 39.0 Å². The molecule has 1 atom stereocenters. The summed E-state index contributed by atoms with van der Waals surface area (Å²) in [6.07, 6.45) is -0.705. The second kappa shape index (κ2) is 7.71. The van der Waals surface area contributed by atoms with Gasteiger partial charge in [-0.1, -0.05) is 0 Å². The minimum Gasteiger partial charge on any atom is -0.449 e. The predicted molar refractivity (Wildman–Crippen MR) is 91.8 cm³/mol. The number of likely N-dealkylation sites (N-methyl/N-ethyl adjacent to an activating group) is 1. The summed E-state index contributed by atoms with van der Waals surface area (Å²) in [5.41, 5.74) is 3.23. The van der Waals surface area contributed by atoms with Gasteiger partial charge in [0.2, 0.25) is 0 Å². The van der Waals surface area contributed by atoms with Crippen molar-refractivity contribution in [2.45, 2.75) is 33.3 Å². The summed E-state index contributed by atoms with van der Waals surface area (Å²) in [5.74, 6) is -0.952. The lowest BCUT2D eigenvalue weighted by atomic mass is 10.2. The number of carbonyl (C=O) groups excluding carboxylic acids is 2. The number of aryl methyl sites for hydroxylation is 2. The third-order valence-electron chi connectivity index (χ3n) is 3.88. The van der Waals surface area contributed by atoms with Crippen LogP contribution in [0.3, 0.4) is 0 Å². The van der Waals surface area contributed by atoms with E-state index in [1.807, 2.05) is 19.9 Å². The van der Waals surface area contributed by atoms with Gasteiger partial charge in [-0.3, -0.25) is 4.79 Å². The van der Waals surface area contributed by atoms with E-state index in [-0.39, 0.29) is 12.3 Å². The van der Waals surface area contributed by atoms with Crippen LogP contribution in [0.25, 0.3) is 11.0 Å². The number of hydrogen-bond donors (Lipinski definition) is 0. The normalized spacial score (nSPS) is 11.6. The number of fused-ring (bicyclic) bond motifs is 1. The molecule has 0 unspecified atom stereocenters. The summed E-state index contributed by atoms with van der Waals surface area (Å²) in [6.45, 7) is 5.53. The molecule has 0 spiro atoms. The largest absolute Gasteiger partial charge is 0.449 e. The van der Waals surface area contributed by atoms with Gasteiger partial charge in [0, 0.05) is 13.6 Å². The highest BCUT2D eigenvalue weighted by Crippen LogP contribution is 2.16. The number of nitriles is 1. The van der Waals surface area contributed by atoms with Crippen molar-refractivity contribution in [3.8, 4) is 6.07 Å². The van der Waals surface area contributed by atoms with Gasteiger partial charge in [0.25, 0.3) is 5.91 Å². The van der Waals surface area contributed by atoms with E-state index in [9.17, 15) is 9.59 Å². The molecule has 0 N–H and O–H groups in total. The number of carbonyl (C=O) groups is 2. The van der Waals surface area contributed by atoms with E-state index in [1.165, 1.54) is 11.8 Å². The van der Waals surface area contributed by atoms with Crippen LogP contribution in [0.2, 0.25) is 0 Å². The van der Waals surface area contributed by atoms with Gasteiger partial charge in [0.15, 0.2) is 6.10 Å². The van der Waals surface area contributed by atoms with Crippen LogP contribution >= 0.6 is 0 Å². The number of ether oxygens (including phenoxy) is 1. The quantitative estimate of drug-likeness (QED) is 0.774. The lowest BCUT2D eigenvalue weighted by molar-refractivity contribution is -0.138. The van der Waals surface area contributed by atoms with Crippen LogP contribution in [0.5, 0.6) is 0 Å². The molecule has 1 amide bonds. The molecule has 7 nitrogen and oxygen atoms in total. The summed E-state index contributed by atoms with van der Waals surface area (Å²) < 4.78 is 5.24. The summed E-state index contributed by atoms with van der Waals surface area (Å²) in [7, 11) is 1.57. The molecule has 1 aromatic carbocycles. The van der Waals surface area contributed by atoms with Crippen molar-refractivity contribution in [2.75, 3.05) is 13.6 Å². The van der Waals surface area contributed by atoms with Crippen LogP contribution < -0.4 is 0 Å². The van der Waals surface area contributed by atoms with Gasteiger partial charge >= 0.3 is 5.97 Å². The number of aromatic nitrogens is 2. The topological polar surface area (TPSA) is 96.2 Å². The van der Waals surface area contributed by atoms with E-state index in [1.54, 1.807) is 25.2 Å². The van der Waals surface area contributed by atoms with E-state index >= 15 is 0 Å². The molecule has 2 aromatic rings. The molecular formula is C18H20N4O3. The van der Waals surface area contributed by atoms with Crippen LogP contribution in [0.1, 0.15) is 35.1 Å². The van der Waals surface area contributed by atoms with E-state index in [0.29, 0.717) is 23.1 Å². The van der Waals surface area contributed by atoms with Gasteiger partial charge in [-0.15, -0.1) is 0 Å². The first kappa shape index (κ1) is 18.3. The fourth-order valence-electron chi connectivity index (χ4n) is 2.27. The molecule has 130 valence electrons. The first-order valence-electron chi connectivity index (χ1n) is 7.91. The number of benzene rings is 1. The molecule has 0 aliphatic carbocycles. The second-order valence-electron chi connectivity index (χ2n) is 5.81. The van der Waals surface area contributed by atoms with Crippen LogP contribution in [-0.4, -0.2) is 46.4 Å². The number of esters is 1. The zero-order valence-corrected chi connectivity index (χ0v) is 14.7. The average molecular weight is 340 g/mol. The number of hydrogen-bond acceptors (Lipinski definition) is 6. The summed E-state index contributed by atoms with van der Waals surface area (Å²) in [4.78, 5) is 34.6. The first-order chi connectivity index (χ1) is 11.8. The molecule has 25 heavy (non-hydrogen) atoms. The zero-order valence-electron chi connectivity index (χ0n) is 14.7. The van der Waals surface area contributed by atoms with E-state index in [0.717, 1.165) is 11.4 Å². The highest BCUT2D eigenvalue weighted by molar-refractivity contribution is 5.95. The minimum atomic E-state index is -0.933. The highest BCUT2D eigenvalue weighted by Gasteiger charge is 2.22. The van der Waals surface area contributed by atoms with E-state index < -0.39 is 12.1 Å². The Kier molecular flexibility index (Phi) is 5.65. The Morgan fingerprint density at radius 2 is 1.88 bits per heavy atom. The Morgan fingerprint density at radius 3 is 2.52 bits per heavy atom. The maximum absolute atomic E-state index is 12.3. The van der Waals surface area contributed by atoms with Gasteiger partial charge in [0.05, 0.1) is 40.5 Å². The van der Waals surface area contributed by atoms with Crippen molar-refractivity contribution in [2.24, 2.45) is 0 Å². The standard InChI is InChI=1S/C18H20N4O3/c1-11-12(2)21-16-10-14(6-7-15(16)20-11)18(24)25-13(3)17(23)22(4)9-5-8-19/h6-7,10,13H,5,9H2,1-4H3/t13-/m1/s1. The van der Waals surface area contributed by atoms with Gasteiger partial charge in [0.1, 0.15) is 0 Å². The maximum atomic E-state index is 12.3. The van der Waals surface area contributed by atoms with Gasteiger partial charge in [-0.2, -0.15) is 5.26 Å². The second-order valence-corrected chi connectivity index (χ2v) is 5.81. The van der Waals surface area contributed by atoms with Gasteiger partial charge in [-0.25, -0.2) is 14.8 Å². The van der Waals surface area contributed by atoms with E-state index in [2.05, 4.69) is 9.97 Å². The Hall–Kier alpha value is -3.01. The Balaban J connectivity index is 2.12. The molecular weight excluding hydrogens is 320 g/mol. The molecule has 7 heteroatoms. The highest BCUT2D eigenvalue weighted by atomic mass is 16.5. The predicted octanol–water partition coefficient (Wildman–Crippen LogP) is 2.16. The smallest absolute Gasteiger partial charge is 0.338 e. The van der Waals surface area contributed by atoms with Crippen LogP contribution in [0, 0.1) is 25.2 Å². The van der Waals surface area contributed by atoms with Gasteiger partial charge < -0.3 is 9.64 Å². The number of nitrogens with zero attached hydrogens (tertiary/aromatic N) is 4. The summed E-state index contributed by atoms with van der Waals surface area (Å²) in [5, 5.41) is 8.57. The monoisotopic (exact) mass is 340 g/mol. The molecule has 0 bridgehead atoms. The maximum Gasteiger partial charge on any atom is 0.338 e. The Morgan fingerprint density at radius 1 is 1.24 bits per heavy atom. The van der Waals surface area contributed by atoms with Crippen molar-refractivity contribution < 1.29 is 14.3 Å². The molecule has 0 fully saturated rings. The first-order valence-corrected chi connectivity index (χ1v) is 7.91. The minimum absolute atomic E-state index is 0.227. The van der Waals surface area contributed by atoms with Crippen molar-refractivity contribution in [3.05, 3.63) is 35.2 Å². The molecule has 1 heterocycles. The Labute approximate surface area is 146 Å². The molecule has 1 aromatic heterocycles. The van der Waals surface area contributed by atoms with Crippen molar-refractivity contribution in [1.29, 1.82) is 5.26 Å². The number of rotatable bonds is 5. The van der Waals surface area contributed by atoms with Crippen LogP contribution in [0.15, 0.2) is 18.2 Å². The molecule has 2 rings (SSSR count).